The first kappa shape index (κ1) is 15.1. The number of hydrogen-bond acceptors (Lipinski definition) is 3. The van der Waals surface area contributed by atoms with Gasteiger partial charge in [-0.2, -0.15) is 5.26 Å². The highest BCUT2D eigenvalue weighted by Gasteiger charge is 2.11. The molecule has 4 nitrogen and oxygen atoms in total. The second-order valence-electron chi connectivity index (χ2n) is 4.60. The Kier molecular flexibility index (Phi) is 4.61. The van der Waals surface area contributed by atoms with Gasteiger partial charge >= 0.3 is 5.97 Å². The SMILES string of the molecule is CN(Cc1ccc(C(=O)O)cc1)c1cccc(Br)c1C#N. The van der Waals surface area contributed by atoms with Crippen LogP contribution in [0.5, 0.6) is 0 Å². The predicted octanol–water partition coefficient (Wildman–Crippen LogP) is 3.66. The number of carboxylic acid groups (broad SMARTS) is 1. The van der Waals surface area contributed by atoms with Gasteiger partial charge in [0.2, 0.25) is 0 Å². The lowest BCUT2D eigenvalue weighted by molar-refractivity contribution is 0.0697. The summed E-state index contributed by atoms with van der Waals surface area (Å²) in [6, 6.07) is 14.5. The monoisotopic (exact) mass is 344 g/mol. The minimum atomic E-state index is -0.936. The van der Waals surface area contributed by atoms with Crippen molar-refractivity contribution in [1.29, 1.82) is 5.26 Å². The topological polar surface area (TPSA) is 64.3 Å². The second kappa shape index (κ2) is 6.42. The number of hydrogen-bond donors (Lipinski definition) is 1. The van der Waals surface area contributed by atoms with Crippen molar-refractivity contribution < 1.29 is 9.90 Å². The standard InChI is InChI=1S/C16H13BrN2O2/c1-19(15-4-2-3-14(17)13(15)9-18)10-11-5-7-12(8-6-11)16(20)21/h2-8H,10H2,1H3,(H,20,21). The van der Waals surface area contributed by atoms with Crippen molar-refractivity contribution >= 4 is 27.6 Å². The molecule has 2 aromatic carbocycles. The van der Waals surface area contributed by atoms with Crippen LogP contribution in [0.25, 0.3) is 0 Å². The third kappa shape index (κ3) is 3.41. The summed E-state index contributed by atoms with van der Waals surface area (Å²) in [7, 11) is 1.90. The molecule has 0 aliphatic rings. The lowest BCUT2D eigenvalue weighted by Crippen LogP contribution is -2.17. The molecular weight excluding hydrogens is 332 g/mol. The molecule has 0 aromatic heterocycles. The third-order valence-corrected chi connectivity index (χ3v) is 3.80. The van der Waals surface area contributed by atoms with Gasteiger partial charge in [0.25, 0.3) is 0 Å². The first-order valence-corrected chi connectivity index (χ1v) is 7.04. The van der Waals surface area contributed by atoms with Crippen molar-refractivity contribution in [2.75, 3.05) is 11.9 Å². The highest BCUT2D eigenvalue weighted by atomic mass is 79.9. The minimum absolute atomic E-state index is 0.265. The summed E-state index contributed by atoms with van der Waals surface area (Å²) in [4.78, 5) is 12.8. The second-order valence-corrected chi connectivity index (χ2v) is 5.46. The summed E-state index contributed by atoms with van der Waals surface area (Å²) in [6.45, 7) is 0.588. The van der Waals surface area contributed by atoms with Gasteiger partial charge in [0.1, 0.15) is 6.07 Å². The first-order valence-electron chi connectivity index (χ1n) is 6.25. The Morgan fingerprint density at radius 1 is 1.29 bits per heavy atom. The van der Waals surface area contributed by atoms with Gasteiger partial charge in [-0.1, -0.05) is 18.2 Å². The van der Waals surface area contributed by atoms with E-state index in [9.17, 15) is 10.1 Å². The first-order chi connectivity index (χ1) is 10.0. The van der Waals surface area contributed by atoms with E-state index in [1.54, 1.807) is 24.3 Å². The Morgan fingerprint density at radius 2 is 1.95 bits per heavy atom. The summed E-state index contributed by atoms with van der Waals surface area (Å²) in [6.07, 6.45) is 0. The molecule has 0 heterocycles. The van der Waals surface area contributed by atoms with Crippen molar-refractivity contribution in [3.05, 3.63) is 63.6 Å². The number of nitrogens with zero attached hydrogens (tertiary/aromatic N) is 2. The number of carboxylic acids is 1. The number of halogens is 1. The number of nitriles is 1. The Bertz CT molecular complexity index is 705. The summed E-state index contributed by atoms with van der Waals surface area (Å²) in [5.74, 6) is -0.936. The van der Waals surface area contributed by atoms with Gasteiger partial charge < -0.3 is 10.0 Å². The van der Waals surface area contributed by atoms with Gasteiger partial charge in [-0.15, -0.1) is 0 Å². The maximum atomic E-state index is 10.8. The molecule has 0 radical (unpaired) electrons. The average Bonchev–Trinajstić information content (AvgIpc) is 2.47. The maximum absolute atomic E-state index is 10.8. The van der Waals surface area contributed by atoms with Crippen LogP contribution in [0.3, 0.4) is 0 Å². The molecule has 0 saturated carbocycles. The van der Waals surface area contributed by atoms with Gasteiger partial charge in [-0.25, -0.2) is 4.79 Å². The van der Waals surface area contributed by atoms with E-state index in [1.807, 2.05) is 30.1 Å². The van der Waals surface area contributed by atoms with Crippen LogP contribution in [-0.2, 0) is 6.54 Å². The van der Waals surface area contributed by atoms with Crippen molar-refractivity contribution in [3.63, 3.8) is 0 Å². The molecule has 0 bridgehead atoms. The molecular formula is C16H13BrN2O2. The molecule has 0 spiro atoms. The Balaban J connectivity index is 2.22. The van der Waals surface area contributed by atoms with E-state index in [1.165, 1.54) is 0 Å². The number of carbonyl (C=O) groups is 1. The lowest BCUT2D eigenvalue weighted by atomic mass is 10.1. The van der Waals surface area contributed by atoms with Crippen molar-refractivity contribution in [2.45, 2.75) is 6.54 Å². The number of aromatic carboxylic acids is 1. The Morgan fingerprint density at radius 3 is 2.52 bits per heavy atom. The van der Waals surface area contributed by atoms with Crippen LogP contribution < -0.4 is 4.90 Å². The molecule has 0 amide bonds. The minimum Gasteiger partial charge on any atom is -0.478 e. The molecule has 0 aliphatic heterocycles. The molecule has 0 aliphatic carbocycles. The zero-order valence-corrected chi connectivity index (χ0v) is 13.0. The van der Waals surface area contributed by atoms with Crippen molar-refractivity contribution in [1.82, 2.24) is 0 Å². The maximum Gasteiger partial charge on any atom is 0.335 e. The largest absolute Gasteiger partial charge is 0.478 e. The van der Waals surface area contributed by atoms with Crippen LogP contribution in [0.4, 0.5) is 5.69 Å². The van der Waals surface area contributed by atoms with E-state index < -0.39 is 5.97 Å². The Labute approximate surface area is 131 Å². The summed E-state index contributed by atoms with van der Waals surface area (Å²) < 4.78 is 0.760. The van der Waals surface area contributed by atoms with E-state index in [2.05, 4.69) is 22.0 Å². The van der Waals surface area contributed by atoms with E-state index in [4.69, 9.17) is 5.11 Å². The molecule has 5 heteroatoms. The van der Waals surface area contributed by atoms with Crippen molar-refractivity contribution in [3.8, 4) is 6.07 Å². The van der Waals surface area contributed by atoms with Gasteiger partial charge in [0, 0.05) is 18.1 Å². The molecule has 2 aromatic rings. The predicted molar refractivity (Wildman–Crippen MR) is 84.4 cm³/mol. The molecule has 0 saturated heterocycles. The van der Waals surface area contributed by atoms with E-state index in [-0.39, 0.29) is 5.56 Å². The van der Waals surface area contributed by atoms with Crippen LogP contribution in [-0.4, -0.2) is 18.1 Å². The van der Waals surface area contributed by atoms with Gasteiger partial charge in [-0.3, -0.25) is 0 Å². The normalized spacial score (nSPS) is 9.95. The highest BCUT2D eigenvalue weighted by Crippen LogP contribution is 2.27. The average molecular weight is 345 g/mol. The lowest BCUT2D eigenvalue weighted by Gasteiger charge is -2.21. The summed E-state index contributed by atoms with van der Waals surface area (Å²) in [5.41, 5.74) is 2.66. The molecule has 0 atom stereocenters. The van der Waals surface area contributed by atoms with Crippen LogP contribution in [0.1, 0.15) is 21.5 Å². The molecule has 106 valence electrons. The molecule has 2 rings (SSSR count). The smallest absolute Gasteiger partial charge is 0.335 e. The third-order valence-electron chi connectivity index (χ3n) is 3.14. The van der Waals surface area contributed by atoms with Crippen LogP contribution >= 0.6 is 15.9 Å². The van der Waals surface area contributed by atoms with Crippen LogP contribution in [0.15, 0.2) is 46.9 Å². The van der Waals surface area contributed by atoms with Crippen LogP contribution in [0, 0.1) is 11.3 Å². The zero-order chi connectivity index (χ0) is 15.4. The quantitative estimate of drug-likeness (QED) is 0.919. The van der Waals surface area contributed by atoms with Gasteiger partial charge in [-0.05, 0) is 45.8 Å². The van der Waals surface area contributed by atoms with Gasteiger partial charge in [0.05, 0.1) is 16.8 Å². The van der Waals surface area contributed by atoms with E-state index >= 15 is 0 Å². The number of anilines is 1. The zero-order valence-electron chi connectivity index (χ0n) is 11.4. The fourth-order valence-electron chi connectivity index (χ4n) is 2.05. The van der Waals surface area contributed by atoms with Crippen molar-refractivity contribution in [2.24, 2.45) is 0 Å². The molecule has 1 N–H and O–H groups in total. The summed E-state index contributed by atoms with van der Waals surface area (Å²) in [5, 5.41) is 18.1. The highest BCUT2D eigenvalue weighted by molar-refractivity contribution is 9.10. The number of benzene rings is 2. The van der Waals surface area contributed by atoms with Crippen LogP contribution in [0.2, 0.25) is 0 Å². The summed E-state index contributed by atoms with van der Waals surface area (Å²) >= 11 is 3.37. The molecule has 0 unspecified atom stereocenters. The van der Waals surface area contributed by atoms with E-state index in [0.29, 0.717) is 12.1 Å². The van der Waals surface area contributed by atoms with E-state index in [0.717, 1.165) is 15.7 Å². The molecule has 0 fully saturated rings. The van der Waals surface area contributed by atoms with Gasteiger partial charge in [0.15, 0.2) is 0 Å². The fraction of sp³-hybridized carbons (Fsp3) is 0.125. The fourth-order valence-corrected chi connectivity index (χ4v) is 2.50. The Hall–Kier alpha value is -2.32. The number of rotatable bonds is 4. The molecule has 21 heavy (non-hydrogen) atoms.